The van der Waals surface area contributed by atoms with Gasteiger partial charge in [0, 0.05) is 28.3 Å². The lowest BCUT2D eigenvalue weighted by Gasteiger charge is -2.09. The van der Waals surface area contributed by atoms with Crippen LogP contribution < -0.4 is 19.5 Å². The van der Waals surface area contributed by atoms with E-state index < -0.39 is 15.9 Å². The highest BCUT2D eigenvalue weighted by Crippen LogP contribution is 2.29. The molecular formula is C23H21N3O5S. The molecule has 1 heterocycles. The van der Waals surface area contributed by atoms with Crippen molar-refractivity contribution in [1.29, 1.82) is 0 Å². The second kappa shape index (κ2) is 8.64. The van der Waals surface area contributed by atoms with Gasteiger partial charge in [-0.2, -0.15) is 0 Å². The van der Waals surface area contributed by atoms with Gasteiger partial charge in [0.2, 0.25) is 0 Å². The molecule has 1 amide bonds. The largest absolute Gasteiger partial charge is 0.497 e. The number of methoxy groups -OCH3 is 2. The standard InChI is InChI=1S/C23H21N3O5S/c1-30-16-9-11-18(12-10-16)32(28,29)26-23(27)22-14-19-20(7-4-8-21(19)25-22)24-15-5-3-6-17(13-15)31-2/h3-14,24-25H,1-2H3,(H,26,27). The molecule has 0 aliphatic carbocycles. The van der Waals surface area contributed by atoms with E-state index in [1.54, 1.807) is 19.2 Å². The maximum Gasteiger partial charge on any atom is 0.281 e. The van der Waals surface area contributed by atoms with Gasteiger partial charge in [-0.15, -0.1) is 0 Å². The number of amides is 1. The van der Waals surface area contributed by atoms with Crippen LogP contribution in [0.2, 0.25) is 0 Å². The van der Waals surface area contributed by atoms with Gasteiger partial charge in [-0.05, 0) is 54.6 Å². The molecule has 0 saturated heterocycles. The quantitative estimate of drug-likeness (QED) is 0.391. The molecule has 0 aliphatic rings. The lowest BCUT2D eigenvalue weighted by Crippen LogP contribution is -2.30. The van der Waals surface area contributed by atoms with Gasteiger partial charge in [0.1, 0.15) is 17.2 Å². The number of fused-ring (bicyclic) bond motifs is 1. The van der Waals surface area contributed by atoms with Crippen molar-refractivity contribution < 1.29 is 22.7 Å². The molecule has 0 fully saturated rings. The second-order valence-electron chi connectivity index (χ2n) is 6.92. The van der Waals surface area contributed by atoms with Crippen LogP contribution in [0.3, 0.4) is 0 Å². The van der Waals surface area contributed by atoms with Crippen LogP contribution in [0.15, 0.2) is 77.7 Å². The summed E-state index contributed by atoms with van der Waals surface area (Å²) in [5.74, 6) is 0.464. The molecule has 1 aromatic heterocycles. The van der Waals surface area contributed by atoms with E-state index in [0.29, 0.717) is 17.0 Å². The number of nitrogens with one attached hydrogen (secondary N) is 3. The van der Waals surface area contributed by atoms with Crippen LogP contribution in [-0.4, -0.2) is 33.5 Å². The number of H-pyrrole nitrogens is 1. The predicted octanol–water partition coefficient (Wildman–Crippen LogP) is 4.05. The molecule has 3 aromatic carbocycles. The summed E-state index contributed by atoms with van der Waals surface area (Å²) in [7, 11) is -0.962. The number of rotatable bonds is 7. The summed E-state index contributed by atoms with van der Waals surface area (Å²) in [5, 5.41) is 4.04. The molecule has 0 saturated carbocycles. The van der Waals surface area contributed by atoms with E-state index >= 15 is 0 Å². The van der Waals surface area contributed by atoms with Gasteiger partial charge in [0.05, 0.1) is 19.1 Å². The van der Waals surface area contributed by atoms with Crippen LogP contribution in [0.4, 0.5) is 11.4 Å². The molecule has 0 bridgehead atoms. The minimum absolute atomic E-state index is 0.0388. The molecule has 3 N–H and O–H groups in total. The Bertz CT molecular complexity index is 1380. The molecule has 0 radical (unpaired) electrons. The van der Waals surface area contributed by atoms with Crippen molar-refractivity contribution in [2.45, 2.75) is 4.90 Å². The number of ether oxygens (including phenoxy) is 2. The van der Waals surface area contributed by atoms with Crippen LogP contribution in [0.5, 0.6) is 11.5 Å². The fourth-order valence-electron chi connectivity index (χ4n) is 3.23. The first-order chi connectivity index (χ1) is 15.4. The van der Waals surface area contributed by atoms with Crippen molar-refractivity contribution in [2.75, 3.05) is 19.5 Å². The summed E-state index contributed by atoms with van der Waals surface area (Å²) in [6.07, 6.45) is 0. The molecule has 164 valence electrons. The van der Waals surface area contributed by atoms with E-state index in [4.69, 9.17) is 9.47 Å². The van der Waals surface area contributed by atoms with E-state index in [2.05, 4.69) is 15.0 Å². The Morgan fingerprint density at radius 3 is 2.31 bits per heavy atom. The van der Waals surface area contributed by atoms with Crippen molar-refractivity contribution in [3.05, 3.63) is 78.5 Å². The summed E-state index contributed by atoms with van der Waals surface area (Å²) >= 11 is 0. The number of aromatic amines is 1. The first-order valence-corrected chi connectivity index (χ1v) is 11.1. The van der Waals surface area contributed by atoms with Crippen LogP contribution in [0.1, 0.15) is 10.5 Å². The Morgan fingerprint density at radius 2 is 1.59 bits per heavy atom. The van der Waals surface area contributed by atoms with Gasteiger partial charge in [0.15, 0.2) is 0 Å². The van der Waals surface area contributed by atoms with Gasteiger partial charge in [0.25, 0.3) is 15.9 Å². The Balaban J connectivity index is 1.59. The highest BCUT2D eigenvalue weighted by Gasteiger charge is 2.20. The molecule has 32 heavy (non-hydrogen) atoms. The molecule has 0 unspecified atom stereocenters. The zero-order valence-corrected chi connectivity index (χ0v) is 18.2. The van der Waals surface area contributed by atoms with Gasteiger partial charge in [-0.3, -0.25) is 4.79 Å². The number of anilines is 2. The minimum Gasteiger partial charge on any atom is -0.497 e. The normalized spacial score (nSPS) is 11.2. The third-order valence-electron chi connectivity index (χ3n) is 4.85. The Hall–Kier alpha value is -3.98. The number of hydrogen-bond donors (Lipinski definition) is 3. The van der Waals surface area contributed by atoms with Crippen molar-refractivity contribution in [3.63, 3.8) is 0 Å². The first-order valence-electron chi connectivity index (χ1n) is 9.63. The van der Waals surface area contributed by atoms with E-state index in [1.807, 2.05) is 36.4 Å². The van der Waals surface area contributed by atoms with E-state index in [1.165, 1.54) is 31.4 Å². The Labute approximate surface area is 185 Å². The van der Waals surface area contributed by atoms with Crippen LogP contribution >= 0.6 is 0 Å². The van der Waals surface area contributed by atoms with Gasteiger partial charge in [-0.25, -0.2) is 13.1 Å². The number of benzene rings is 3. The van der Waals surface area contributed by atoms with E-state index in [0.717, 1.165) is 16.8 Å². The smallest absolute Gasteiger partial charge is 0.281 e. The molecule has 0 spiro atoms. The van der Waals surface area contributed by atoms with Gasteiger partial charge < -0.3 is 19.8 Å². The number of carbonyl (C=O) groups is 1. The van der Waals surface area contributed by atoms with Crippen LogP contribution in [-0.2, 0) is 10.0 Å². The third-order valence-corrected chi connectivity index (χ3v) is 6.20. The van der Waals surface area contributed by atoms with Gasteiger partial charge >= 0.3 is 0 Å². The van der Waals surface area contributed by atoms with Crippen molar-refractivity contribution >= 4 is 38.2 Å². The van der Waals surface area contributed by atoms with Crippen molar-refractivity contribution in [3.8, 4) is 11.5 Å². The monoisotopic (exact) mass is 451 g/mol. The maximum atomic E-state index is 12.7. The molecule has 8 nitrogen and oxygen atoms in total. The summed E-state index contributed by atoms with van der Waals surface area (Å²) in [5.41, 5.74) is 2.37. The number of carbonyl (C=O) groups excluding carboxylic acids is 1. The summed E-state index contributed by atoms with van der Waals surface area (Å²) in [6, 6.07) is 20.3. The molecule has 0 aliphatic heterocycles. The Kier molecular flexibility index (Phi) is 5.74. The molecule has 4 aromatic rings. The molecule has 9 heteroatoms. The SMILES string of the molecule is COc1ccc(S(=O)(=O)NC(=O)c2cc3c(Nc4cccc(OC)c4)cccc3[nH]2)cc1. The number of aromatic nitrogens is 1. The summed E-state index contributed by atoms with van der Waals surface area (Å²) < 4.78 is 37.6. The fraction of sp³-hybridized carbons (Fsp3) is 0.0870. The summed E-state index contributed by atoms with van der Waals surface area (Å²) in [4.78, 5) is 15.6. The van der Waals surface area contributed by atoms with Gasteiger partial charge in [-0.1, -0.05) is 12.1 Å². The van der Waals surface area contributed by atoms with E-state index in [9.17, 15) is 13.2 Å². The van der Waals surface area contributed by atoms with Crippen LogP contribution in [0.25, 0.3) is 10.9 Å². The molecular weight excluding hydrogens is 430 g/mol. The average Bonchev–Trinajstić information content (AvgIpc) is 3.25. The number of sulfonamides is 1. The fourth-order valence-corrected chi connectivity index (χ4v) is 4.20. The third kappa shape index (κ3) is 4.37. The lowest BCUT2D eigenvalue weighted by molar-refractivity contribution is 0.0977. The highest BCUT2D eigenvalue weighted by molar-refractivity contribution is 7.90. The topological polar surface area (TPSA) is 110 Å². The molecule has 0 atom stereocenters. The predicted molar refractivity (Wildman–Crippen MR) is 122 cm³/mol. The van der Waals surface area contributed by atoms with Crippen molar-refractivity contribution in [2.24, 2.45) is 0 Å². The lowest BCUT2D eigenvalue weighted by atomic mass is 10.2. The first kappa shape index (κ1) is 21.3. The highest BCUT2D eigenvalue weighted by atomic mass is 32.2. The van der Waals surface area contributed by atoms with Crippen molar-refractivity contribution in [1.82, 2.24) is 9.71 Å². The zero-order valence-electron chi connectivity index (χ0n) is 17.4. The minimum atomic E-state index is -4.04. The van der Waals surface area contributed by atoms with Crippen LogP contribution in [0, 0.1) is 0 Å². The number of hydrogen-bond acceptors (Lipinski definition) is 6. The molecule has 4 rings (SSSR count). The summed E-state index contributed by atoms with van der Waals surface area (Å²) in [6.45, 7) is 0. The Morgan fingerprint density at radius 1 is 0.875 bits per heavy atom. The maximum absolute atomic E-state index is 12.7. The zero-order chi connectivity index (χ0) is 22.7. The average molecular weight is 452 g/mol. The van der Waals surface area contributed by atoms with E-state index in [-0.39, 0.29) is 10.6 Å². The second-order valence-corrected chi connectivity index (χ2v) is 8.60.